The van der Waals surface area contributed by atoms with E-state index in [-0.39, 0.29) is 29.9 Å². The largest absolute Gasteiger partial charge is 0.444 e. The highest BCUT2D eigenvalue weighted by atomic mass is 16.6. The Balaban J connectivity index is 1.79. The van der Waals surface area contributed by atoms with Crippen molar-refractivity contribution in [3.8, 4) is 0 Å². The molecule has 2 atom stereocenters. The predicted octanol–water partition coefficient (Wildman–Crippen LogP) is 2.63. The SMILES string of the molecule is Cc1nn(C)c(C)c1C(=O)C1CC2COCC(C1)N2C(=O)OC(C)(C)C. The zero-order chi connectivity index (χ0) is 19.2. The number of carbonyl (C=O) groups is 2. The van der Waals surface area contributed by atoms with Crippen molar-refractivity contribution < 1.29 is 19.1 Å². The van der Waals surface area contributed by atoms with E-state index < -0.39 is 5.60 Å². The van der Waals surface area contributed by atoms with Gasteiger partial charge in [-0.25, -0.2) is 4.79 Å². The number of hydrogen-bond acceptors (Lipinski definition) is 5. The molecule has 3 heterocycles. The topological polar surface area (TPSA) is 73.7 Å². The summed E-state index contributed by atoms with van der Waals surface area (Å²) < 4.78 is 13.0. The fourth-order valence-electron chi connectivity index (χ4n) is 4.08. The molecule has 2 saturated heterocycles. The second kappa shape index (κ2) is 6.68. The number of nitrogens with zero attached hydrogens (tertiary/aromatic N) is 3. The molecule has 2 aliphatic rings. The summed E-state index contributed by atoms with van der Waals surface area (Å²) in [5.41, 5.74) is 1.85. The minimum atomic E-state index is -0.539. The van der Waals surface area contributed by atoms with Crippen molar-refractivity contribution >= 4 is 11.9 Å². The van der Waals surface area contributed by atoms with E-state index in [0.717, 1.165) is 17.0 Å². The lowest BCUT2D eigenvalue weighted by molar-refractivity contribution is -0.0861. The molecule has 2 aliphatic heterocycles. The van der Waals surface area contributed by atoms with Crippen molar-refractivity contribution in [2.45, 2.75) is 65.1 Å². The van der Waals surface area contributed by atoms with E-state index in [2.05, 4.69) is 5.10 Å². The molecule has 144 valence electrons. The fraction of sp³-hybridized carbons (Fsp3) is 0.737. The van der Waals surface area contributed by atoms with Crippen LogP contribution in [0.5, 0.6) is 0 Å². The molecule has 0 spiro atoms. The molecule has 0 radical (unpaired) electrons. The molecule has 0 saturated carbocycles. The molecule has 2 unspecified atom stereocenters. The number of aromatic nitrogens is 2. The normalized spacial score (nSPS) is 25.9. The van der Waals surface area contributed by atoms with Gasteiger partial charge in [0, 0.05) is 18.7 Å². The molecule has 7 nitrogen and oxygen atoms in total. The smallest absolute Gasteiger partial charge is 0.410 e. The summed E-state index contributed by atoms with van der Waals surface area (Å²) in [7, 11) is 1.85. The van der Waals surface area contributed by atoms with E-state index >= 15 is 0 Å². The highest BCUT2D eigenvalue weighted by Gasteiger charge is 2.45. The minimum Gasteiger partial charge on any atom is -0.444 e. The first kappa shape index (κ1) is 18.9. The Hall–Kier alpha value is -1.89. The minimum absolute atomic E-state index is 0.116. The zero-order valence-corrected chi connectivity index (χ0v) is 16.5. The van der Waals surface area contributed by atoms with Gasteiger partial charge in [-0.2, -0.15) is 5.10 Å². The zero-order valence-electron chi connectivity index (χ0n) is 16.5. The van der Waals surface area contributed by atoms with Gasteiger partial charge in [-0.05, 0) is 47.5 Å². The lowest BCUT2D eigenvalue weighted by Crippen LogP contribution is -2.60. The van der Waals surface area contributed by atoms with Crippen LogP contribution in [0, 0.1) is 19.8 Å². The molecule has 7 heteroatoms. The van der Waals surface area contributed by atoms with Crippen LogP contribution in [0.4, 0.5) is 4.79 Å². The van der Waals surface area contributed by atoms with Gasteiger partial charge in [0.05, 0.1) is 36.6 Å². The lowest BCUT2D eigenvalue weighted by Gasteiger charge is -2.47. The van der Waals surface area contributed by atoms with Gasteiger partial charge < -0.3 is 9.47 Å². The van der Waals surface area contributed by atoms with Gasteiger partial charge in [-0.1, -0.05) is 0 Å². The third kappa shape index (κ3) is 3.49. The number of aryl methyl sites for hydroxylation is 2. The number of morpholine rings is 1. The van der Waals surface area contributed by atoms with Crippen molar-refractivity contribution in [2.24, 2.45) is 13.0 Å². The third-order valence-electron chi connectivity index (χ3n) is 5.25. The van der Waals surface area contributed by atoms with Crippen molar-refractivity contribution in [3.63, 3.8) is 0 Å². The number of ketones is 1. The lowest BCUT2D eigenvalue weighted by atomic mass is 9.80. The molecule has 2 bridgehead atoms. The average Bonchev–Trinajstić information content (AvgIpc) is 2.76. The van der Waals surface area contributed by atoms with Crippen molar-refractivity contribution in [3.05, 3.63) is 17.0 Å². The van der Waals surface area contributed by atoms with E-state index in [0.29, 0.717) is 26.1 Å². The second-order valence-corrected chi connectivity index (χ2v) is 8.43. The number of rotatable bonds is 2. The summed E-state index contributed by atoms with van der Waals surface area (Å²) in [5, 5.41) is 4.37. The molecule has 0 N–H and O–H groups in total. The first-order valence-corrected chi connectivity index (χ1v) is 9.22. The Labute approximate surface area is 154 Å². The van der Waals surface area contributed by atoms with Crippen LogP contribution in [-0.2, 0) is 16.5 Å². The Kier molecular flexibility index (Phi) is 4.86. The van der Waals surface area contributed by atoms with E-state index in [1.54, 1.807) is 9.58 Å². The summed E-state index contributed by atoms with van der Waals surface area (Å²) in [6.45, 7) is 10.3. The Morgan fingerprint density at radius 2 is 1.73 bits per heavy atom. The van der Waals surface area contributed by atoms with Gasteiger partial charge in [0.15, 0.2) is 5.78 Å². The quantitative estimate of drug-likeness (QED) is 0.755. The summed E-state index contributed by atoms with van der Waals surface area (Å²) in [4.78, 5) is 27.6. The molecular formula is C19H29N3O4. The highest BCUT2D eigenvalue weighted by Crippen LogP contribution is 2.35. The van der Waals surface area contributed by atoms with Crippen LogP contribution < -0.4 is 0 Å². The maximum atomic E-state index is 13.2. The molecule has 1 aromatic rings. The van der Waals surface area contributed by atoms with Gasteiger partial charge in [-0.3, -0.25) is 14.4 Å². The molecular weight excluding hydrogens is 334 g/mol. The van der Waals surface area contributed by atoms with Crippen LogP contribution in [0.25, 0.3) is 0 Å². The second-order valence-electron chi connectivity index (χ2n) is 8.43. The highest BCUT2D eigenvalue weighted by molar-refractivity contribution is 6.00. The summed E-state index contributed by atoms with van der Waals surface area (Å²) in [6.07, 6.45) is 0.889. The molecule has 2 fully saturated rings. The maximum absolute atomic E-state index is 13.2. The van der Waals surface area contributed by atoms with E-state index in [1.807, 2.05) is 41.7 Å². The third-order valence-corrected chi connectivity index (χ3v) is 5.25. The molecule has 0 aliphatic carbocycles. The standard InChI is InChI=1S/C19H29N3O4/c1-11-16(12(2)21(6)20-11)17(23)13-7-14-9-25-10-15(8-13)22(14)18(24)26-19(3,4)5/h13-15H,7-10H2,1-6H3. The maximum Gasteiger partial charge on any atom is 0.410 e. The number of ether oxygens (including phenoxy) is 2. The van der Waals surface area contributed by atoms with Crippen LogP contribution in [0.3, 0.4) is 0 Å². The Morgan fingerprint density at radius 3 is 2.19 bits per heavy atom. The van der Waals surface area contributed by atoms with Crippen molar-refractivity contribution in [1.29, 1.82) is 0 Å². The molecule has 0 aromatic carbocycles. The first-order valence-electron chi connectivity index (χ1n) is 9.22. The van der Waals surface area contributed by atoms with E-state index in [9.17, 15) is 9.59 Å². The first-order chi connectivity index (χ1) is 12.1. The van der Waals surface area contributed by atoms with Crippen molar-refractivity contribution in [1.82, 2.24) is 14.7 Å². The number of fused-ring (bicyclic) bond motifs is 2. The van der Waals surface area contributed by atoms with Crippen LogP contribution in [0.2, 0.25) is 0 Å². The van der Waals surface area contributed by atoms with Crippen molar-refractivity contribution in [2.75, 3.05) is 13.2 Å². The van der Waals surface area contributed by atoms with Gasteiger partial charge in [0.1, 0.15) is 5.60 Å². The number of carbonyl (C=O) groups excluding carboxylic acids is 2. The van der Waals surface area contributed by atoms with Crippen LogP contribution >= 0.6 is 0 Å². The molecule has 1 amide bonds. The molecule has 3 rings (SSSR count). The number of hydrogen-bond donors (Lipinski definition) is 0. The van der Waals surface area contributed by atoms with Crippen LogP contribution in [0.15, 0.2) is 0 Å². The van der Waals surface area contributed by atoms with Gasteiger partial charge >= 0.3 is 6.09 Å². The predicted molar refractivity (Wildman–Crippen MR) is 96.2 cm³/mol. The number of amides is 1. The van der Waals surface area contributed by atoms with E-state index in [1.165, 1.54) is 0 Å². The molecule has 1 aromatic heterocycles. The van der Waals surface area contributed by atoms with E-state index in [4.69, 9.17) is 9.47 Å². The summed E-state index contributed by atoms with van der Waals surface area (Å²) >= 11 is 0. The van der Waals surface area contributed by atoms with Crippen LogP contribution in [0.1, 0.15) is 55.4 Å². The van der Waals surface area contributed by atoms with Gasteiger partial charge in [-0.15, -0.1) is 0 Å². The van der Waals surface area contributed by atoms with Crippen LogP contribution in [-0.4, -0.2) is 57.5 Å². The van der Waals surface area contributed by atoms with Gasteiger partial charge in [0.25, 0.3) is 0 Å². The number of Topliss-reactive ketones (excluding diaryl/α,β-unsaturated/α-hetero) is 1. The summed E-state index contributed by atoms with van der Waals surface area (Å²) in [5.74, 6) is 0.0167. The Morgan fingerprint density at radius 1 is 1.15 bits per heavy atom. The average molecular weight is 363 g/mol. The Bertz CT molecular complexity index is 705. The van der Waals surface area contributed by atoms with Gasteiger partial charge in [0.2, 0.25) is 0 Å². The fourth-order valence-corrected chi connectivity index (χ4v) is 4.08. The number of piperidine rings is 1. The molecule has 26 heavy (non-hydrogen) atoms. The monoisotopic (exact) mass is 363 g/mol. The summed E-state index contributed by atoms with van der Waals surface area (Å²) in [6, 6.07) is -0.243.